The summed E-state index contributed by atoms with van der Waals surface area (Å²) in [6.45, 7) is 0. The summed E-state index contributed by atoms with van der Waals surface area (Å²) in [4.78, 5) is 0. The Hall–Kier alpha value is -0.810. The number of benzene rings is 1. The van der Waals surface area contributed by atoms with Gasteiger partial charge in [-0.1, -0.05) is 0 Å². The number of fused-ring (bicyclic) bond motifs is 3. The largest absolute Gasteiger partial charge is 0.192 e. The van der Waals surface area contributed by atoms with E-state index in [9.17, 15) is 5.26 Å². The molecule has 17 heavy (non-hydrogen) atoms. The lowest BCUT2D eigenvalue weighted by atomic mass is 9.78. The predicted octanol–water partition coefficient (Wildman–Crippen LogP) is 4.08. The van der Waals surface area contributed by atoms with Crippen molar-refractivity contribution >= 4 is 15.9 Å². The van der Waals surface area contributed by atoms with Crippen molar-refractivity contribution in [1.29, 1.82) is 5.26 Å². The lowest BCUT2D eigenvalue weighted by Gasteiger charge is -2.27. The monoisotopic (exact) mass is 289 g/mol. The number of halogens is 1. The summed E-state index contributed by atoms with van der Waals surface area (Å²) >= 11 is 3.68. The van der Waals surface area contributed by atoms with E-state index in [2.05, 4.69) is 22.0 Å². The van der Waals surface area contributed by atoms with Gasteiger partial charge in [0.2, 0.25) is 0 Å². The fourth-order valence-electron chi connectivity index (χ4n) is 3.39. The van der Waals surface area contributed by atoms with Crippen LogP contribution in [-0.4, -0.2) is 0 Å². The average molecular weight is 290 g/mol. The first-order valence-electron chi connectivity index (χ1n) is 6.58. The standard InChI is InChI=1S/C15H16BrN/c16-15-13-8-4-3-6-11(13)10-5-1-2-7-12(10)14(15)9-17/h1-8H2. The number of rotatable bonds is 0. The molecule has 0 bridgehead atoms. The third-order valence-electron chi connectivity index (χ3n) is 4.20. The summed E-state index contributed by atoms with van der Waals surface area (Å²) in [5.74, 6) is 0. The first kappa shape index (κ1) is 11.3. The molecule has 0 heterocycles. The molecule has 2 aliphatic rings. The Labute approximate surface area is 111 Å². The molecule has 0 fully saturated rings. The summed E-state index contributed by atoms with van der Waals surface area (Å²) in [5.41, 5.74) is 6.84. The highest BCUT2D eigenvalue weighted by Crippen LogP contribution is 2.39. The quantitative estimate of drug-likeness (QED) is 0.706. The first-order chi connectivity index (χ1) is 8.33. The van der Waals surface area contributed by atoms with E-state index in [0.717, 1.165) is 22.9 Å². The van der Waals surface area contributed by atoms with E-state index in [1.807, 2.05) is 0 Å². The molecule has 0 amide bonds. The van der Waals surface area contributed by atoms with Crippen molar-refractivity contribution in [2.45, 2.75) is 51.4 Å². The Bertz CT molecular complexity index is 511. The molecule has 3 rings (SSSR count). The van der Waals surface area contributed by atoms with Crippen molar-refractivity contribution in [3.8, 4) is 6.07 Å². The highest BCUT2D eigenvalue weighted by Gasteiger charge is 2.25. The van der Waals surface area contributed by atoms with E-state index in [0.29, 0.717) is 0 Å². The van der Waals surface area contributed by atoms with Gasteiger partial charge in [-0.15, -0.1) is 0 Å². The van der Waals surface area contributed by atoms with Crippen LogP contribution in [0.4, 0.5) is 0 Å². The molecule has 88 valence electrons. The number of hydrogen-bond acceptors (Lipinski definition) is 1. The van der Waals surface area contributed by atoms with E-state index in [1.165, 1.54) is 55.2 Å². The van der Waals surface area contributed by atoms with Gasteiger partial charge in [0.25, 0.3) is 0 Å². The van der Waals surface area contributed by atoms with Crippen LogP contribution in [0.2, 0.25) is 0 Å². The number of nitriles is 1. The molecule has 2 heteroatoms. The molecule has 0 saturated heterocycles. The van der Waals surface area contributed by atoms with E-state index >= 15 is 0 Å². The second-order valence-electron chi connectivity index (χ2n) is 5.13. The zero-order valence-corrected chi connectivity index (χ0v) is 11.6. The van der Waals surface area contributed by atoms with Gasteiger partial charge in [-0.05, 0) is 89.6 Å². The molecule has 1 aromatic carbocycles. The minimum atomic E-state index is 0.931. The SMILES string of the molecule is N#Cc1c(Br)c2c(c3c1CCCC3)CCCC2. The van der Waals surface area contributed by atoms with Crippen molar-refractivity contribution in [3.63, 3.8) is 0 Å². The minimum Gasteiger partial charge on any atom is -0.192 e. The van der Waals surface area contributed by atoms with Crippen LogP contribution in [0.3, 0.4) is 0 Å². The molecule has 0 N–H and O–H groups in total. The fourth-order valence-corrected chi connectivity index (χ4v) is 4.16. The maximum Gasteiger partial charge on any atom is 0.101 e. The summed E-state index contributed by atoms with van der Waals surface area (Å²) in [6, 6.07) is 2.43. The highest BCUT2D eigenvalue weighted by molar-refractivity contribution is 9.10. The molecule has 0 atom stereocenters. The molecule has 0 aliphatic heterocycles. The molecule has 1 aromatic rings. The fraction of sp³-hybridized carbons (Fsp3) is 0.533. The minimum absolute atomic E-state index is 0.931. The third kappa shape index (κ3) is 1.72. The third-order valence-corrected chi connectivity index (χ3v) is 5.07. The molecule has 0 aromatic heterocycles. The van der Waals surface area contributed by atoms with Crippen molar-refractivity contribution in [3.05, 3.63) is 32.3 Å². The number of nitrogens with zero attached hydrogens (tertiary/aromatic N) is 1. The van der Waals surface area contributed by atoms with Gasteiger partial charge in [-0.2, -0.15) is 5.26 Å². The molecule has 0 radical (unpaired) electrons. The van der Waals surface area contributed by atoms with Gasteiger partial charge in [0.15, 0.2) is 0 Å². The maximum absolute atomic E-state index is 9.40. The normalized spacial score (nSPS) is 18.1. The van der Waals surface area contributed by atoms with Gasteiger partial charge in [-0.25, -0.2) is 0 Å². The van der Waals surface area contributed by atoms with Crippen LogP contribution >= 0.6 is 15.9 Å². The molecule has 2 aliphatic carbocycles. The van der Waals surface area contributed by atoms with Gasteiger partial charge in [-0.3, -0.25) is 0 Å². The van der Waals surface area contributed by atoms with Crippen LogP contribution in [0, 0.1) is 11.3 Å². The predicted molar refractivity (Wildman–Crippen MR) is 72.1 cm³/mol. The average Bonchev–Trinajstić information content (AvgIpc) is 2.40. The van der Waals surface area contributed by atoms with Crippen molar-refractivity contribution < 1.29 is 0 Å². The molecule has 0 spiro atoms. The van der Waals surface area contributed by atoms with E-state index < -0.39 is 0 Å². The van der Waals surface area contributed by atoms with Crippen LogP contribution < -0.4 is 0 Å². The lowest BCUT2D eigenvalue weighted by Crippen LogP contribution is -2.15. The summed E-state index contributed by atoms with van der Waals surface area (Å²) in [6.07, 6.45) is 9.80. The molecular weight excluding hydrogens is 274 g/mol. The Morgan fingerprint density at radius 1 is 0.765 bits per heavy atom. The van der Waals surface area contributed by atoms with Gasteiger partial charge in [0.1, 0.15) is 6.07 Å². The molecular formula is C15H16BrN. The van der Waals surface area contributed by atoms with Crippen LogP contribution in [0.25, 0.3) is 0 Å². The Balaban J connectivity index is 2.30. The van der Waals surface area contributed by atoms with Crippen LogP contribution in [0.1, 0.15) is 53.5 Å². The maximum atomic E-state index is 9.40. The highest BCUT2D eigenvalue weighted by atomic mass is 79.9. The number of hydrogen-bond donors (Lipinski definition) is 0. The molecule has 0 unspecified atom stereocenters. The summed E-state index contributed by atoms with van der Waals surface area (Å²) < 4.78 is 1.11. The zero-order valence-electron chi connectivity index (χ0n) is 9.98. The Morgan fingerprint density at radius 2 is 1.24 bits per heavy atom. The van der Waals surface area contributed by atoms with E-state index in [-0.39, 0.29) is 0 Å². The zero-order chi connectivity index (χ0) is 11.8. The Kier molecular flexibility index (Phi) is 2.96. The van der Waals surface area contributed by atoms with Crippen LogP contribution in [0.15, 0.2) is 4.47 Å². The van der Waals surface area contributed by atoms with Gasteiger partial charge in [0.05, 0.1) is 5.56 Å². The van der Waals surface area contributed by atoms with Crippen LogP contribution in [0.5, 0.6) is 0 Å². The van der Waals surface area contributed by atoms with E-state index in [1.54, 1.807) is 5.56 Å². The van der Waals surface area contributed by atoms with Crippen LogP contribution in [-0.2, 0) is 25.7 Å². The van der Waals surface area contributed by atoms with Crippen molar-refractivity contribution in [1.82, 2.24) is 0 Å². The second kappa shape index (κ2) is 4.46. The summed E-state index contributed by atoms with van der Waals surface area (Å²) in [7, 11) is 0. The molecule has 1 nitrogen and oxygen atoms in total. The van der Waals surface area contributed by atoms with Gasteiger partial charge in [0, 0.05) is 4.47 Å². The second-order valence-corrected chi connectivity index (χ2v) is 5.92. The Morgan fingerprint density at radius 3 is 1.82 bits per heavy atom. The smallest absolute Gasteiger partial charge is 0.101 e. The lowest BCUT2D eigenvalue weighted by molar-refractivity contribution is 0.637. The van der Waals surface area contributed by atoms with Crippen molar-refractivity contribution in [2.24, 2.45) is 0 Å². The van der Waals surface area contributed by atoms with E-state index in [4.69, 9.17) is 0 Å². The summed E-state index contributed by atoms with van der Waals surface area (Å²) in [5, 5.41) is 9.40. The van der Waals surface area contributed by atoms with Gasteiger partial charge >= 0.3 is 0 Å². The topological polar surface area (TPSA) is 23.8 Å². The van der Waals surface area contributed by atoms with Crippen molar-refractivity contribution in [2.75, 3.05) is 0 Å². The first-order valence-corrected chi connectivity index (χ1v) is 7.37. The van der Waals surface area contributed by atoms with Gasteiger partial charge < -0.3 is 0 Å². The molecule has 0 saturated carbocycles.